The summed E-state index contributed by atoms with van der Waals surface area (Å²) in [5, 5.41) is 16.5. The third-order valence-electron chi connectivity index (χ3n) is 11.8. The molecular weight excluding hydrogens is 766 g/mol. The number of carbonyl (C=O) groups excluding carboxylic acids is 4. The minimum absolute atomic E-state index is 0.0219. The van der Waals surface area contributed by atoms with Gasteiger partial charge < -0.3 is 20.4 Å². The maximum Gasteiger partial charge on any atom is 0.432 e. The summed E-state index contributed by atoms with van der Waals surface area (Å²) < 4.78 is 45.0. The number of carbonyl (C=O) groups is 4. The van der Waals surface area contributed by atoms with Gasteiger partial charge in [0.2, 0.25) is 11.8 Å². The molecule has 0 spiro atoms. The zero-order chi connectivity index (χ0) is 41.6. The van der Waals surface area contributed by atoms with E-state index in [1.54, 1.807) is 43.7 Å². The Morgan fingerprint density at radius 1 is 0.746 bits per heavy atom. The van der Waals surface area contributed by atoms with Crippen molar-refractivity contribution in [2.75, 3.05) is 42.5 Å². The quantitative estimate of drug-likeness (QED) is 0.167. The number of aromatic nitrogens is 4. The second-order valence-corrected chi connectivity index (χ2v) is 16.0. The van der Waals surface area contributed by atoms with Gasteiger partial charge in [0.1, 0.15) is 23.3 Å². The van der Waals surface area contributed by atoms with Gasteiger partial charge in [-0.3, -0.25) is 19.0 Å². The molecule has 0 bridgehead atoms. The van der Waals surface area contributed by atoms with Crippen molar-refractivity contribution in [1.82, 2.24) is 35.1 Å². The Balaban J connectivity index is 1.11. The van der Waals surface area contributed by atoms with E-state index in [0.29, 0.717) is 81.2 Å². The number of imide groups is 1. The molecule has 2 aromatic carbocycles. The van der Waals surface area contributed by atoms with Crippen LogP contribution in [-0.4, -0.2) is 85.4 Å². The molecule has 8 rings (SSSR count). The average molecular weight is 814 g/mol. The lowest BCUT2D eigenvalue weighted by Gasteiger charge is -2.40. The molecule has 3 unspecified atom stereocenters. The summed E-state index contributed by atoms with van der Waals surface area (Å²) in [6, 6.07) is 8.71. The number of nitrogens with one attached hydrogen (secondary N) is 2. The molecular formula is C42H48F3N10O4+. The highest BCUT2D eigenvalue weighted by molar-refractivity contribution is 6.00. The normalized spacial score (nSPS) is 22.8. The fourth-order valence-electron chi connectivity index (χ4n) is 9.11. The SMILES string of the molecule is CCCN1C(=O)[N+](CCC)(CCC)C(=O)C2=C1NC(c1cnn(CC3CC(=O)N(c4ccc(F)cc4)C3)c1)(c1cnn(CC3CC(=O)N(c4ccc(F)cc4F)C3)c1)N2. The van der Waals surface area contributed by atoms with Gasteiger partial charge in [-0.2, -0.15) is 14.7 Å². The Labute approximate surface area is 339 Å². The van der Waals surface area contributed by atoms with Crippen LogP contribution in [0.4, 0.5) is 29.3 Å². The number of amides is 5. The van der Waals surface area contributed by atoms with E-state index in [1.807, 2.05) is 33.2 Å². The van der Waals surface area contributed by atoms with E-state index < -0.39 is 17.3 Å². The topological polar surface area (TPSA) is 138 Å². The fraction of sp³-hybridized carbons (Fsp3) is 0.429. The van der Waals surface area contributed by atoms with Gasteiger partial charge in [0, 0.05) is 92.7 Å². The van der Waals surface area contributed by atoms with Gasteiger partial charge in [0.15, 0.2) is 11.4 Å². The summed E-state index contributed by atoms with van der Waals surface area (Å²) in [4.78, 5) is 59.9. The van der Waals surface area contributed by atoms with E-state index in [9.17, 15) is 32.3 Å². The number of anilines is 2. The molecule has 0 saturated carbocycles. The summed E-state index contributed by atoms with van der Waals surface area (Å²) in [6.45, 7) is 8.32. The highest BCUT2D eigenvalue weighted by Crippen LogP contribution is 2.40. The summed E-state index contributed by atoms with van der Waals surface area (Å²) in [6.07, 6.45) is 9.32. The van der Waals surface area contributed by atoms with Gasteiger partial charge in [-0.1, -0.05) is 20.8 Å². The van der Waals surface area contributed by atoms with Crippen molar-refractivity contribution in [2.45, 2.75) is 71.6 Å². The van der Waals surface area contributed by atoms with Crippen molar-refractivity contribution in [3.63, 3.8) is 0 Å². The number of quaternary nitrogens is 1. The predicted octanol–water partition coefficient (Wildman–Crippen LogP) is 5.18. The summed E-state index contributed by atoms with van der Waals surface area (Å²) in [5.74, 6) is -2.54. The van der Waals surface area contributed by atoms with E-state index in [2.05, 4.69) is 15.7 Å². The molecule has 5 amide bonds. The minimum Gasteiger partial charge on any atom is -0.344 e. The molecule has 310 valence electrons. The Hall–Kier alpha value is -5.97. The molecule has 2 N–H and O–H groups in total. The van der Waals surface area contributed by atoms with Crippen molar-refractivity contribution in [3.8, 4) is 0 Å². The maximum atomic E-state index is 14.7. The van der Waals surface area contributed by atoms with Crippen molar-refractivity contribution in [1.29, 1.82) is 0 Å². The van der Waals surface area contributed by atoms with Crippen LogP contribution in [0.2, 0.25) is 0 Å². The average Bonchev–Trinajstić information content (AvgIpc) is 4.06. The second kappa shape index (κ2) is 15.7. The zero-order valence-corrected chi connectivity index (χ0v) is 33.3. The molecule has 4 aliphatic heterocycles. The van der Waals surface area contributed by atoms with Crippen LogP contribution in [0, 0.1) is 29.3 Å². The molecule has 0 aliphatic carbocycles. The molecule has 2 saturated heterocycles. The van der Waals surface area contributed by atoms with Gasteiger partial charge in [0.25, 0.3) is 0 Å². The van der Waals surface area contributed by atoms with E-state index >= 15 is 0 Å². The lowest BCUT2D eigenvalue weighted by molar-refractivity contribution is -0.777. The van der Waals surface area contributed by atoms with Crippen LogP contribution in [-0.2, 0) is 33.1 Å². The van der Waals surface area contributed by atoms with Gasteiger partial charge in [0.05, 0.1) is 31.2 Å². The van der Waals surface area contributed by atoms with Crippen LogP contribution in [0.25, 0.3) is 0 Å². The summed E-state index contributed by atoms with van der Waals surface area (Å²) in [7, 11) is 0. The van der Waals surface area contributed by atoms with Gasteiger partial charge in [-0.05, 0) is 55.7 Å². The standard InChI is InChI=1S/C42H47F3N10O4/c1-4-13-52-39-38(40(58)55(14-5-2,15-6-3)41(52)59)48-42(49-39,29-19-46-50(25-29)21-27-16-36(56)53(23-27)33-10-7-31(43)8-11-33)30-20-47-51(26-30)22-28-17-37(57)54(24-28)35-12-9-32(44)18-34(35)45/h7-12,18-20,25-28,48H,4-6,13-17,21-24H2,1-3H3/p+1. The molecule has 4 aliphatic rings. The molecule has 0 radical (unpaired) electrons. The number of benzene rings is 2. The number of hydrogen-bond acceptors (Lipinski definition) is 8. The van der Waals surface area contributed by atoms with Crippen molar-refractivity contribution in [2.24, 2.45) is 11.8 Å². The van der Waals surface area contributed by atoms with Crippen LogP contribution in [0.15, 0.2) is 78.8 Å². The van der Waals surface area contributed by atoms with E-state index in [0.717, 1.165) is 12.1 Å². The first-order valence-corrected chi connectivity index (χ1v) is 20.3. The van der Waals surface area contributed by atoms with E-state index in [4.69, 9.17) is 5.10 Å². The Morgan fingerprint density at radius 3 is 1.90 bits per heavy atom. The Morgan fingerprint density at radius 2 is 1.32 bits per heavy atom. The lowest BCUT2D eigenvalue weighted by Crippen LogP contribution is -2.66. The number of urea groups is 1. The first-order chi connectivity index (χ1) is 28.4. The number of halogens is 3. The molecule has 6 heterocycles. The number of nitrogens with zero attached hydrogens (tertiary/aromatic N) is 8. The van der Waals surface area contributed by atoms with Crippen LogP contribution < -0.4 is 20.4 Å². The van der Waals surface area contributed by atoms with E-state index in [1.165, 1.54) is 23.1 Å². The highest BCUT2D eigenvalue weighted by Gasteiger charge is 2.59. The van der Waals surface area contributed by atoms with E-state index in [-0.39, 0.29) is 76.7 Å². The predicted molar refractivity (Wildman–Crippen MR) is 210 cm³/mol. The molecule has 59 heavy (non-hydrogen) atoms. The fourth-order valence-corrected chi connectivity index (χ4v) is 9.11. The molecule has 14 nitrogen and oxygen atoms in total. The monoisotopic (exact) mass is 813 g/mol. The number of hydrogen-bond donors (Lipinski definition) is 2. The van der Waals surface area contributed by atoms with Crippen LogP contribution in [0.5, 0.6) is 0 Å². The second-order valence-electron chi connectivity index (χ2n) is 16.0. The largest absolute Gasteiger partial charge is 0.432 e. The first-order valence-electron chi connectivity index (χ1n) is 20.3. The van der Waals surface area contributed by atoms with Crippen LogP contribution >= 0.6 is 0 Å². The third-order valence-corrected chi connectivity index (χ3v) is 11.8. The van der Waals surface area contributed by atoms with Gasteiger partial charge >= 0.3 is 11.9 Å². The molecule has 2 fully saturated rings. The number of rotatable bonds is 14. The zero-order valence-electron chi connectivity index (χ0n) is 33.3. The molecule has 3 atom stereocenters. The van der Waals surface area contributed by atoms with Crippen molar-refractivity contribution < 1.29 is 36.8 Å². The lowest BCUT2D eigenvalue weighted by atomic mass is 9.97. The maximum absolute atomic E-state index is 14.7. The molecule has 4 aromatic rings. The minimum atomic E-state index is -1.32. The smallest absolute Gasteiger partial charge is 0.344 e. The van der Waals surface area contributed by atoms with Gasteiger partial charge in [-0.15, -0.1) is 0 Å². The molecule has 17 heteroatoms. The van der Waals surface area contributed by atoms with Gasteiger partial charge in [-0.25, -0.2) is 27.7 Å². The van der Waals surface area contributed by atoms with Crippen LogP contribution in [0.3, 0.4) is 0 Å². The first kappa shape index (κ1) is 39.8. The van der Waals surface area contributed by atoms with Crippen molar-refractivity contribution in [3.05, 3.63) is 107 Å². The Bertz CT molecular complexity index is 2320. The summed E-state index contributed by atoms with van der Waals surface area (Å²) >= 11 is 0. The van der Waals surface area contributed by atoms with Crippen molar-refractivity contribution >= 4 is 35.1 Å². The molecule has 2 aromatic heterocycles. The Kier molecular flexibility index (Phi) is 10.6. The highest BCUT2D eigenvalue weighted by atomic mass is 19.1. The third kappa shape index (κ3) is 7.04. The summed E-state index contributed by atoms with van der Waals surface area (Å²) in [5.41, 5.74) is 0.851. The van der Waals surface area contributed by atoms with Crippen LogP contribution in [0.1, 0.15) is 64.0 Å².